The molecule has 7 heteroatoms. The van der Waals surface area contributed by atoms with Gasteiger partial charge in [-0.2, -0.15) is 4.98 Å². The first-order chi connectivity index (χ1) is 12.3. The Morgan fingerprint density at radius 2 is 1.80 bits per heavy atom. The molecule has 0 spiro atoms. The largest absolute Gasteiger partial charge is 0.452 e. The van der Waals surface area contributed by atoms with Crippen LogP contribution in [0.4, 0.5) is 0 Å². The Labute approximate surface area is 142 Å². The molecular weight excluding hydrogens is 320 g/mol. The molecule has 0 N–H and O–H groups in total. The number of aromatic nitrogens is 4. The standard InChI is InChI=1S/C18H12N4O3/c23-18(13-6-7-14-15(10-13)20-9-8-19-14)24-11-16-21-17(22-25-16)12-4-2-1-3-5-12/h1-10H,11H2. The van der Waals surface area contributed by atoms with Gasteiger partial charge in [-0.3, -0.25) is 9.97 Å². The molecule has 0 saturated carbocycles. The average Bonchev–Trinajstić information content (AvgIpc) is 3.15. The minimum Gasteiger partial charge on any atom is -0.452 e. The monoisotopic (exact) mass is 332 g/mol. The zero-order chi connectivity index (χ0) is 17.1. The van der Waals surface area contributed by atoms with Gasteiger partial charge >= 0.3 is 5.97 Å². The van der Waals surface area contributed by atoms with Gasteiger partial charge in [-0.1, -0.05) is 35.5 Å². The fourth-order valence-corrected chi connectivity index (χ4v) is 2.32. The zero-order valence-corrected chi connectivity index (χ0v) is 13.0. The number of hydrogen-bond donors (Lipinski definition) is 0. The molecule has 2 heterocycles. The van der Waals surface area contributed by atoms with Crippen molar-refractivity contribution < 1.29 is 14.1 Å². The van der Waals surface area contributed by atoms with Crippen molar-refractivity contribution in [3.63, 3.8) is 0 Å². The lowest BCUT2D eigenvalue weighted by molar-refractivity contribution is 0.0430. The quantitative estimate of drug-likeness (QED) is 0.530. The molecule has 0 atom stereocenters. The molecule has 4 rings (SSSR count). The number of fused-ring (bicyclic) bond motifs is 1. The predicted molar refractivity (Wildman–Crippen MR) is 88.4 cm³/mol. The summed E-state index contributed by atoms with van der Waals surface area (Å²) >= 11 is 0. The fourth-order valence-electron chi connectivity index (χ4n) is 2.32. The van der Waals surface area contributed by atoms with Crippen LogP contribution in [-0.2, 0) is 11.3 Å². The smallest absolute Gasteiger partial charge is 0.338 e. The Bertz CT molecular complexity index is 1030. The van der Waals surface area contributed by atoms with E-state index in [1.807, 2.05) is 30.3 Å². The Morgan fingerprint density at radius 3 is 2.64 bits per heavy atom. The van der Waals surface area contributed by atoms with Crippen molar-refractivity contribution in [2.45, 2.75) is 6.61 Å². The molecule has 122 valence electrons. The Balaban J connectivity index is 1.45. The van der Waals surface area contributed by atoms with E-state index in [0.717, 1.165) is 5.56 Å². The van der Waals surface area contributed by atoms with E-state index in [9.17, 15) is 4.79 Å². The van der Waals surface area contributed by atoms with Crippen molar-refractivity contribution in [2.24, 2.45) is 0 Å². The normalized spacial score (nSPS) is 10.7. The summed E-state index contributed by atoms with van der Waals surface area (Å²) < 4.78 is 10.3. The number of carbonyl (C=O) groups excluding carboxylic acids is 1. The van der Waals surface area contributed by atoms with Crippen LogP contribution in [0.3, 0.4) is 0 Å². The first-order valence-corrected chi connectivity index (χ1v) is 7.55. The highest BCUT2D eigenvalue weighted by molar-refractivity contribution is 5.93. The maximum absolute atomic E-state index is 12.2. The van der Waals surface area contributed by atoms with Crippen LogP contribution in [0.25, 0.3) is 22.4 Å². The number of ether oxygens (including phenoxy) is 1. The van der Waals surface area contributed by atoms with Gasteiger partial charge in [0.05, 0.1) is 16.6 Å². The summed E-state index contributed by atoms with van der Waals surface area (Å²) in [6.45, 7) is -0.100. The van der Waals surface area contributed by atoms with Crippen LogP contribution in [0.5, 0.6) is 0 Å². The number of rotatable bonds is 4. The van der Waals surface area contributed by atoms with Crippen LogP contribution in [-0.4, -0.2) is 26.1 Å². The topological polar surface area (TPSA) is 91.0 Å². The Hall–Kier alpha value is -3.61. The van der Waals surface area contributed by atoms with Crippen molar-refractivity contribution in [1.29, 1.82) is 0 Å². The van der Waals surface area contributed by atoms with Gasteiger partial charge in [0.25, 0.3) is 5.89 Å². The summed E-state index contributed by atoms with van der Waals surface area (Å²) in [6.07, 6.45) is 3.17. The summed E-state index contributed by atoms with van der Waals surface area (Å²) in [6, 6.07) is 14.4. The number of carbonyl (C=O) groups is 1. The van der Waals surface area contributed by atoms with Crippen LogP contribution in [0.15, 0.2) is 65.4 Å². The minimum absolute atomic E-state index is 0.100. The van der Waals surface area contributed by atoms with Gasteiger partial charge in [0.2, 0.25) is 5.82 Å². The summed E-state index contributed by atoms with van der Waals surface area (Å²) in [5.74, 6) is 0.187. The minimum atomic E-state index is -0.494. The van der Waals surface area contributed by atoms with E-state index >= 15 is 0 Å². The molecule has 0 saturated heterocycles. The van der Waals surface area contributed by atoms with Crippen molar-refractivity contribution in [3.8, 4) is 11.4 Å². The number of nitrogens with zero attached hydrogens (tertiary/aromatic N) is 4. The second kappa shape index (κ2) is 6.48. The van der Waals surface area contributed by atoms with Crippen LogP contribution in [0.1, 0.15) is 16.2 Å². The first-order valence-electron chi connectivity index (χ1n) is 7.55. The summed E-state index contributed by atoms with van der Waals surface area (Å²) in [4.78, 5) is 24.7. The maximum atomic E-state index is 12.2. The van der Waals surface area contributed by atoms with Gasteiger partial charge in [-0.05, 0) is 18.2 Å². The van der Waals surface area contributed by atoms with E-state index in [4.69, 9.17) is 9.26 Å². The van der Waals surface area contributed by atoms with Gasteiger partial charge in [-0.15, -0.1) is 0 Å². The van der Waals surface area contributed by atoms with E-state index in [2.05, 4.69) is 20.1 Å². The Kier molecular flexibility index (Phi) is 3.88. The highest BCUT2D eigenvalue weighted by atomic mass is 16.6. The first kappa shape index (κ1) is 14.9. The van der Waals surface area contributed by atoms with Crippen LogP contribution in [0, 0.1) is 0 Å². The van der Waals surface area contributed by atoms with E-state index in [-0.39, 0.29) is 12.5 Å². The molecule has 0 aliphatic rings. The van der Waals surface area contributed by atoms with Gasteiger partial charge in [0, 0.05) is 18.0 Å². The summed E-state index contributed by atoms with van der Waals surface area (Å²) in [5, 5.41) is 3.88. The van der Waals surface area contributed by atoms with Gasteiger partial charge in [0.15, 0.2) is 6.61 Å². The predicted octanol–water partition coefficient (Wildman–Crippen LogP) is 3.04. The summed E-state index contributed by atoms with van der Waals surface area (Å²) in [7, 11) is 0. The van der Waals surface area contributed by atoms with Crippen LogP contribution in [0.2, 0.25) is 0 Å². The summed E-state index contributed by atoms with van der Waals surface area (Å²) in [5.41, 5.74) is 2.55. The van der Waals surface area contributed by atoms with Crippen molar-refractivity contribution in [1.82, 2.24) is 20.1 Å². The highest BCUT2D eigenvalue weighted by Gasteiger charge is 2.13. The third-order valence-corrected chi connectivity index (χ3v) is 3.53. The second-order valence-electron chi connectivity index (χ2n) is 5.21. The van der Waals surface area contributed by atoms with Crippen LogP contribution < -0.4 is 0 Å². The molecule has 0 radical (unpaired) electrons. The van der Waals surface area contributed by atoms with Crippen molar-refractivity contribution >= 4 is 17.0 Å². The average molecular weight is 332 g/mol. The van der Waals surface area contributed by atoms with Crippen molar-refractivity contribution in [3.05, 3.63) is 72.4 Å². The van der Waals surface area contributed by atoms with E-state index < -0.39 is 5.97 Å². The molecule has 7 nitrogen and oxygen atoms in total. The van der Waals surface area contributed by atoms with Crippen LogP contribution >= 0.6 is 0 Å². The lowest BCUT2D eigenvalue weighted by Crippen LogP contribution is -2.05. The highest BCUT2D eigenvalue weighted by Crippen LogP contribution is 2.16. The maximum Gasteiger partial charge on any atom is 0.338 e. The molecule has 0 bridgehead atoms. The third kappa shape index (κ3) is 3.20. The SMILES string of the molecule is O=C(OCc1nc(-c2ccccc2)no1)c1ccc2nccnc2c1. The van der Waals surface area contributed by atoms with Gasteiger partial charge in [-0.25, -0.2) is 4.79 Å². The third-order valence-electron chi connectivity index (χ3n) is 3.53. The van der Waals surface area contributed by atoms with Crippen molar-refractivity contribution in [2.75, 3.05) is 0 Å². The van der Waals surface area contributed by atoms with Gasteiger partial charge in [0.1, 0.15) is 0 Å². The lowest BCUT2D eigenvalue weighted by atomic mass is 10.2. The lowest BCUT2D eigenvalue weighted by Gasteiger charge is -2.02. The molecular formula is C18H12N4O3. The molecule has 0 amide bonds. The molecule has 0 aliphatic carbocycles. The van der Waals surface area contributed by atoms with E-state index in [0.29, 0.717) is 22.4 Å². The van der Waals surface area contributed by atoms with Gasteiger partial charge < -0.3 is 9.26 Å². The molecule has 0 aliphatic heterocycles. The molecule has 2 aromatic carbocycles. The second-order valence-corrected chi connectivity index (χ2v) is 5.21. The van der Waals surface area contributed by atoms with E-state index in [1.54, 1.807) is 30.6 Å². The van der Waals surface area contributed by atoms with E-state index in [1.165, 1.54) is 0 Å². The number of hydrogen-bond acceptors (Lipinski definition) is 7. The zero-order valence-electron chi connectivity index (χ0n) is 13.0. The number of esters is 1. The fraction of sp³-hybridized carbons (Fsp3) is 0.0556. The Morgan fingerprint density at radius 1 is 1.00 bits per heavy atom. The molecule has 0 unspecified atom stereocenters. The number of benzene rings is 2. The molecule has 25 heavy (non-hydrogen) atoms. The molecule has 0 fully saturated rings. The molecule has 2 aromatic heterocycles. The molecule has 4 aromatic rings.